The van der Waals surface area contributed by atoms with Crippen molar-refractivity contribution in [3.05, 3.63) is 47.5 Å². The van der Waals surface area contributed by atoms with E-state index in [0.717, 1.165) is 31.2 Å². The molecule has 1 heterocycles. The number of alkyl halides is 2. The Balaban J connectivity index is 1.51. The van der Waals surface area contributed by atoms with Gasteiger partial charge in [-0.15, -0.1) is 0 Å². The van der Waals surface area contributed by atoms with Crippen molar-refractivity contribution in [2.24, 2.45) is 0 Å². The van der Waals surface area contributed by atoms with Gasteiger partial charge in [-0.1, -0.05) is 18.2 Å². The number of rotatable bonds is 10. The summed E-state index contributed by atoms with van der Waals surface area (Å²) in [7, 11) is 0. The Morgan fingerprint density at radius 2 is 1.82 bits per heavy atom. The minimum Gasteiger partial charge on any atom is -0.490 e. The number of hydrogen-bond donors (Lipinski definition) is 2. The fraction of sp³-hybridized carbons (Fsp3) is 0.500. The molecule has 2 aromatic rings. The van der Waals surface area contributed by atoms with Gasteiger partial charge in [0.1, 0.15) is 11.3 Å². The highest BCUT2D eigenvalue weighted by Gasteiger charge is 2.40. The molecule has 2 saturated carbocycles. The third-order valence-corrected chi connectivity index (χ3v) is 6.64. The van der Waals surface area contributed by atoms with E-state index >= 15 is 0 Å². The van der Waals surface area contributed by atoms with Crippen LogP contribution in [-0.4, -0.2) is 42.0 Å². The molecule has 0 unspecified atom stereocenters. The van der Waals surface area contributed by atoms with Crippen molar-refractivity contribution in [3.8, 4) is 16.9 Å². The Hall–Kier alpha value is -2.71. The van der Waals surface area contributed by atoms with Crippen LogP contribution in [0.1, 0.15) is 56.1 Å². The second kappa shape index (κ2) is 9.50. The maximum atomic E-state index is 14.2. The maximum absolute atomic E-state index is 14.2. The molecule has 0 bridgehead atoms. The molecular weight excluding hydrogens is 444 g/mol. The summed E-state index contributed by atoms with van der Waals surface area (Å²) in [6.45, 7) is 0.982. The van der Waals surface area contributed by atoms with E-state index in [-0.39, 0.29) is 30.1 Å². The average molecular weight is 474 g/mol. The van der Waals surface area contributed by atoms with E-state index in [1.54, 1.807) is 30.3 Å². The normalized spacial score (nSPS) is 19.7. The van der Waals surface area contributed by atoms with Crippen molar-refractivity contribution in [2.45, 2.75) is 69.3 Å². The molecule has 182 valence electrons. The van der Waals surface area contributed by atoms with Crippen LogP contribution in [0.4, 0.5) is 14.5 Å². The summed E-state index contributed by atoms with van der Waals surface area (Å²) in [6.07, 6.45) is 1.91. The smallest absolute Gasteiger partial charge is 0.329 e. The number of anilines is 1. The second-order valence-corrected chi connectivity index (χ2v) is 9.34. The standard InChI is InChI=1S/C26H29F2NO5/c27-24(28)23-21(2-1-3-22(23)34-19-7-8-19)20-9-4-17(14-16(20)15-33-18-5-6-18)29-26(25(30)31)10-12-32-13-11-26/h1-4,9,14,18-19,24,29H,5-8,10-13,15H2,(H,30,31). The van der Waals surface area contributed by atoms with Crippen molar-refractivity contribution < 1.29 is 32.9 Å². The van der Waals surface area contributed by atoms with Crippen LogP contribution in [0.5, 0.6) is 5.75 Å². The lowest BCUT2D eigenvalue weighted by molar-refractivity contribution is -0.145. The SMILES string of the molecule is O=C(O)C1(Nc2ccc(-c3cccc(OC4CC4)c3C(F)F)c(COC3CC3)c2)CCOCC1. The van der Waals surface area contributed by atoms with Crippen molar-refractivity contribution in [1.82, 2.24) is 0 Å². The summed E-state index contributed by atoms with van der Waals surface area (Å²) in [6, 6.07) is 10.4. The number of carbonyl (C=O) groups is 1. The Labute approximate surface area is 197 Å². The molecule has 1 saturated heterocycles. The van der Waals surface area contributed by atoms with Crippen LogP contribution < -0.4 is 10.1 Å². The lowest BCUT2D eigenvalue weighted by Crippen LogP contribution is -2.50. The zero-order valence-corrected chi connectivity index (χ0v) is 18.9. The van der Waals surface area contributed by atoms with E-state index < -0.39 is 17.9 Å². The number of benzene rings is 2. The molecule has 5 rings (SSSR count). The van der Waals surface area contributed by atoms with Crippen LogP contribution in [0.25, 0.3) is 11.1 Å². The van der Waals surface area contributed by atoms with Crippen LogP contribution in [0.3, 0.4) is 0 Å². The van der Waals surface area contributed by atoms with E-state index in [2.05, 4.69) is 5.32 Å². The quantitative estimate of drug-likeness (QED) is 0.471. The fourth-order valence-corrected chi connectivity index (χ4v) is 4.36. The van der Waals surface area contributed by atoms with E-state index in [1.807, 2.05) is 6.07 Å². The monoisotopic (exact) mass is 473 g/mol. The van der Waals surface area contributed by atoms with Gasteiger partial charge in [-0.25, -0.2) is 13.6 Å². The van der Waals surface area contributed by atoms with E-state index in [0.29, 0.717) is 42.9 Å². The number of carboxylic acids is 1. The van der Waals surface area contributed by atoms with Gasteiger partial charge in [-0.2, -0.15) is 0 Å². The molecule has 0 aromatic heterocycles. The fourth-order valence-electron chi connectivity index (χ4n) is 4.36. The molecule has 6 nitrogen and oxygen atoms in total. The minimum atomic E-state index is -2.70. The molecule has 1 aliphatic heterocycles. The number of aliphatic carboxylic acids is 1. The molecule has 8 heteroatoms. The van der Waals surface area contributed by atoms with E-state index in [9.17, 15) is 18.7 Å². The number of nitrogens with one attached hydrogen (secondary N) is 1. The van der Waals surface area contributed by atoms with Gasteiger partial charge in [0.15, 0.2) is 0 Å². The summed E-state index contributed by atoms with van der Waals surface area (Å²) < 4.78 is 45.5. The Bertz CT molecular complexity index is 1050. The lowest BCUT2D eigenvalue weighted by Gasteiger charge is -2.35. The van der Waals surface area contributed by atoms with E-state index in [4.69, 9.17) is 14.2 Å². The molecule has 0 amide bonds. The highest BCUT2D eigenvalue weighted by molar-refractivity contribution is 5.84. The predicted octanol–water partition coefficient (Wildman–Crippen LogP) is 5.56. The largest absolute Gasteiger partial charge is 0.490 e. The number of carboxylic acid groups (broad SMARTS) is 1. The van der Waals surface area contributed by atoms with Crippen molar-refractivity contribution in [3.63, 3.8) is 0 Å². The molecule has 0 atom stereocenters. The van der Waals surface area contributed by atoms with Crippen molar-refractivity contribution in [2.75, 3.05) is 18.5 Å². The topological polar surface area (TPSA) is 77.0 Å². The first-order valence-corrected chi connectivity index (χ1v) is 11.9. The Morgan fingerprint density at radius 3 is 2.47 bits per heavy atom. The third-order valence-electron chi connectivity index (χ3n) is 6.64. The van der Waals surface area contributed by atoms with Crippen LogP contribution in [0, 0.1) is 0 Å². The first kappa shape index (κ1) is 23.1. The van der Waals surface area contributed by atoms with Gasteiger partial charge in [0.25, 0.3) is 6.43 Å². The highest BCUT2D eigenvalue weighted by Crippen LogP contribution is 2.42. The van der Waals surface area contributed by atoms with Gasteiger partial charge in [-0.05, 0) is 60.6 Å². The zero-order valence-electron chi connectivity index (χ0n) is 18.9. The summed E-state index contributed by atoms with van der Waals surface area (Å²) in [5, 5.41) is 13.1. The first-order valence-electron chi connectivity index (χ1n) is 11.9. The Kier molecular flexibility index (Phi) is 6.44. The molecule has 3 fully saturated rings. The van der Waals surface area contributed by atoms with Crippen molar-refractivity contribution >= 4 is 11.7 Å². The summed E-state index contributed by atoms with van der Waals surface area (Å²) in [5.74, 6) is -0.709. The third kappa shape index (κ3) is 5.03. The molecular formula is C26H29F2NO5. The van der Waals surface area contributed by atoms with Gasteiger partial charge in [0, 0.05) is 31.7 Å². The van der Waals surface area contributed by atoms with Gasteiger partial charge in [0.05, 0.1) is 24.4 Å². The van der Waals surface area contributed by atoms with Crippen LogP contribution in [0.2, 0.25) is 0 Å². The molecule has 2 N–H and O–H groups in total. The highest BCUT2D eigenvalue weighted by atomic mass is 19.3. The molecule has 2 aliphatic carbocycles. The van der Waals surface area contributed by atoms with Crippen molar-refractivity contribution in [1.29, 1.82) is 0 Å². The van der Waals surface area contributed by atoms with Gasteiger partial charge in [0.2, 0.25) is 0 Å². The van der Waals surface area contributed by atoms with Gasteiger partial charge >= 0.3 is 5.97 Å². The van der Waals surface area contributed by atoms with Crippen LogP contribution in [-0.2, 0) is 20.9 Å². The number of ether oxygens (including phenoxy) is 3. The van der Waals surface area contributed by atoms with Crippen LogP contribution >= 0.6 is 0 Å². The maximum Gasteiger partial charge on any atom is 0.329 e. The van der Waals surface area contributed by atoms with E-state index in [1.165, 1.54) is 0 Å². The molecule has 34 heavy (non-hydrogen) atoms. The Morgan fingerprint density at radius 1 is 1.09 bits per heavy atom. The number of hydrogen-bond acceptors (Lipinski definition) is 5. The number of halogens is 2. The summed E-state index contributed by atoms with van der Waals surface area (Å²) >= 11 is 0. The zero-order chi connectivity index (χ0) is 23.7. The summed E-state index contributed by atoms with van der Waals surface area (Å²) in [4.78, 5) is 12.1. The minimum absolute atomic E-state index is 0.00341. The molecule has 0 radical (unpaired) electrons. The molecule has 3 aliphatic rings. The van der Waals surface area contributed by atoms with Gasteiger partial charge < -0.3 is 24.6 Å². The summed E-state index contributed by atoms with van der Waals surface area (Å²) in [5.41, 5.74) is 1.16. The second-order valence-electron chi connectivity index (χ2n) is 9.34. The molecule has 2 aromatic carbocycles. The first-order chi connectivity index (χ1) is 16.4. The average Bonchev–Trinajstić information content (AvgIpc) is 3.74. The lowest BCUT2D eigenvalue weighted by atomic mass is 9.89. The molecule has 0 spiro atoms. The van der Waals surface area contributed by atoms with Crippen LogP contribution in [0.15, 0.2) is 36.4 Å². The van der Waals surface area contributed by atoms with Gasteiger partial charge in [-0.3, -0.25) is 0 Å². The predicted molar refractivity (Wildman–Crippen MR) is 122 cm³/mol.